The number of hydrogen-bond donors (Lipinski definition) is 3. The smallest absolute Gasteiger partial charge is 0.247 e. The molecule has 5 rings (SSSR count). The van der Waals surface area contributed by atoms with E-state index in [2.05, 4.69) is 10.6 Å². The highest BCUT2D eigenvalue weighted by molar-refractivity contribution is 6.08. The summed E-state index contributed by atoms with van der Waals surface area (Å²) in [5.41, 5.74) is 5.58. The predicted octanol–water partition coefficient (Wildman–Crippen LogP) is 4.90. The van der Waals surface area contributed by atoms with Crippen LogP contribution in [0.25, 0.3) is 11.1 Å². The molecule has 0 saturated carbocycles. The first-order chi connectivity index (χ1) is 16.8. The van der Waals surface area contributed by atoms with Gasteiger partial charge in [0.15, 0.2) is 0 Å². The molecule has 6 nitrogen and oxygen atoms in total. The third-order valence-corrected chi connectivity index (χ3v) is 6.77. The number of halogens is 1. The second kappa shape index (κ2) is 9.15. The largest absolute Gasteiger partial charge is 0.508 e. The minimum absolute atomic E-state index is 0.174. The zero-order valence-electron chi connectivity index (χ0n) is 20.1. The Morgan fingerprint density at radius 1 is 1.20 bits per heavy atom. The number of likely N-dealkylation sites (N-methyl/N-ethyl adjacent to an activating group) is 1. The van der Waals surface area contributed by atoms with Gasteiger partial charge in [-0.1, -0.05) is 12.1 Å². The van der Waals surface area contributed by atoms with E-state index in [1.54, 1.807) is 25.2 Å². The number of phenols is 1. The standard InChI is InChI=1S/C28H29FN4O2/c1-16-9-19(29)13-21(10-16)33-26(14-20-7-8-31-20)32-25-11-17(2)23(18-5-4-6-22(34)12-18)15-24(25)27(33)28(35)30-3/h4-6,9-13,15,20,27,31,34H,7-8,14H2,1-3H3,(H,30,35)/t20-,27?/m0/s1. The van der Waals surface area contributed by atoms with Gasteiger partial charge in [0.25, 0.3) is 0 Å². The molecule has 3 aromatic carbocycles. The van der Waals surface area contributed by atoms with Crippen LogP contribution < -0.4 is 15.5 Å². The van der Waals surface area contributed by atoms with Crippen LogP contribution in [-0.4, -0.2) is 36.5 Å². The van der Waals surface area contributed by atoms with Crippen molar-refractivity contribution < 1.29 is 14.3 Å². The van der Waals surface area contributed by atoms with Crippen LogP contribution in [-0.2, 0) is 4.79 Å². The number of phenolic OH excluding ortho intramolecular Hbond substituents is 1. The van der Waals surface area contributed by atoms with Crippen molar-refractivity contribution in [3.63, 3.8) is 0 Å². The van der Waals surface area contributed by atoms with E-state index in [-0.39, 0.29) is 23.5 Å². The molecular weight excluding hydrogens is 443 g/mol. The number of aliphatic imine (C=N–C) groups is 1. The maximum absolute atomic E-state index is 14.5. The number of carbonyl (C=O) groups is 1. The number of amidine groups is 1. The summed E-state index contributed by atoms with van der Waals surface area (Å²) in [5.74, 6) is 0.352. The number of nitrogens with one attached hydrogen (secondary N) is 2. The zero-order chi connectivity index (χ0) is 24.7. The van der Waals surface area contributed by atoms with Gasteiger partial charge >= 0.3 is 0 Å². The number of fused-ring (bicyclic) bond motifs is 1. The molecule has 2 atom stereocenters. The first kappa shape index (κ1) is 23.1. The third-order valence-electron chi connectivity index (χ3n) is 6.77. The summed E-state index contributed by atoms with van der Waals surface area (Å²) < 4.78 is 14.5. The van der Waals surface area contributed by atoms with E-state index in [1.807, 2.05) is 43.0 Å². The maximum Gasteiger partial charge on any atom is 0.247 e. The number of amides is 1. The molecule has 2 heterocycles. The minimum Gasteiger partial charge on any atom is -0.508 e. The van der Waals surface area contributed by atoms with Crippen LogP contribution in [0.2, 0.25) is 0 Å². The first-order valence-corrected chi connectivity index (χ1v) is 11.9. The quantitative estimate of drug-likeness (QED) is 0.494. The van der Waals surface area contributed by atoms with Gasteiger partial charge in [-0.25, -0.2) is 9.38 Å². The van der Waals surface area contributed by atoms with E-state index in [4.69, 9.17) is 4.99 Å². The lowest BCUT2D eigenvalue weighted by Gasteiger charge is -2.40. The van der Waals surface area contributed by atoms with E-state index in [0.717, 1.165) is 52.3 Å². The van der Waals surface area contributed by atoms with Crippen LogP contribution in [0.15, 0.2) is 59.6 Å². The lowest BCUT2D eigenvalue weighted by atomic mass is 9.90. The van der Waals surface area contributed by atoms with Gasteiger partial charge in [-0.15, -0.1) is 0 Å². The molecule has 7 heteroatoms. The third kappa shape index (κ3) is 4.39. The highest BCUT2D eigenvalue weighted by atomic mass is 19.1. The molecule has 0 spiro atoms. The number of aryl methyl sites for hydroxylation is 2. The summed E-state index contributed by atoms with van der Waals surface area (Å²) in [6, 6.07) is 15.4. The van der Waals surface area contributed by atoms with E-state index in [1.165, 1.54) is 12.1 Å². The van der Waals surface area contributed by atoms with Crippen molar-refractivity contribution in [2.24, 2.45) is 4.99 Å². The number of aromatic hydroxyl groups is 1. The number of benzene rings is 3. The lowest BCUT2D eigenvalue weighted by molar-refractivity contribution is -0.121. The van der Waals surface area contributed by atoms with E-state index in [9.17, 15) is 14.3 Å². The fourth-order valence-corrected chi connectivity index (χ4v) is 4.93. The SMILES string of the molecule is CNC(=O)C1c2cc(-c3cccc(O)c3)c(C)cc2N=C(C[C@@H]2CCN2)N1c1cc(C)cc(F)c1. The Morgan fingerprint density at radius 2 is 2.00 bits per heavy atom. The van der Waals surface area contributed by atoms with Gasteiger partial charge in [-0.3, -0.25) is 4.79 Å². The van der Waals surface area contributed by atoms with E-state index in [0.29, 0.717) is 12.1 Å². The Morgan fingerprint density at radius 3 is 2.66 bits per heavy atom. The van der Waals surface area contributed by atoms with Gasteiger partial charge in [-0.05, 0) is 91.5 Å². The van der Waals surface area contributed by atoms with E-state index >= 15 is 0 Å². The zero-order valence-corrected chi connectivity index (χ0v) is 20.1. The van der Waals surface area contributed by atoms with Crippen LogP contribution in [0.3, 0.4) is 0 Å². The lowest BCUT2D eigenvalue weighted by Crippen LogP contribution is -2.50. The van der Waals surface area contributed by atoms with Crippen LogP contribution in [0.4, 0.5) is 15.8 Å². The van der Waals surface area contributed by atoms with Crippen molar-refractivity contribution in [1.82, 2.24) is 10.6 Å². The van der Waals surface area contributed by atoms with Crippen LogP contribution in [0.1, 0.15) is 35.6 Å². The molecule has 2 aliphatic rings. The van der Waals surface area contributed by atoms with Crippen molar-refractivity contribution in [2.75, 3.05) is 18.5 Å². The molecule has 2 aliphatic heterocycles. The van der Waals surface area contributed by atoms with Gasteiger partial charge in [0.1, 0.15) is 23.4 Å². The second-order valence-electron chi connectivity index (χ2n) is 9.32. The van der Waals surface area contributed by atoms with Crippen molar-refractivity contribution >= 4 is 23.1 Å². The summed E-state index contributed by atoms with van der Waals surface area (Å²) in [6.07, 6.45) is 1.66. The van der Waals surface area contributed by atoms with Gasteiger partial charge in [0, 0.05) is 30.8 Å². The molecule has 0 bridgehead atoms. The first-order valence-electron chi connectivity index (χ1n) is 11.9. The summed E-state index contributed by atoms with van der Waals surface area (Å²) in [7, 11) is 1.61. The summed E-state index contributed by atoms with van der Waals surface area (Å²) in [6.45, 7) is 4.80. The number of hydrogen-bond acceptors (Lipinski definition) is 5. The van der Waals surface area contributed by atoms with Gasteiger partial charge in [0.05, 0.1) is 5.69 Å². The summed E-state index contributed by atoms with van der Waals surface area (Å²) in [4.78, 5) is 20.3. The Bertz CT molecular complexity index is 1310. The molecule has 0 radical (unpaired) electrons. The Hall–Kier alpha value is -3.71. The van der Waals surface area contributed by atoms with Crippen molar-refractivity contribution in [3.8, 4) is 16.9 Å². The average Bonchev–Trinajstić information content (AvgIpc) is 2.79. The molecule has 1 amide bonds. The van der Waals surface area contributed by atoms with Crippen LogP contribution in [0.5, 0.6) is 5.75 Å². The highest BCUT2D eigenvalue weighted by Gasteiger charge is 2.38. The molecule has 180 valence electrons. The van der Waals surface area contributed by atoms with Gasteiger partial charge < -0.3 is 20.6 Å². The van der Waals surface area contributed by atoms with E-state index < -0.39 is 6.04 Å². The number of anilines is 1. The van der Waals surface area contributed by atoms with Crippen LogP contribution in [0, 0.1) is 19.7 Å². The molecule has 1 unspecified atom stereocenters. The molecule has 0 aromatic heterocycles. The maximum atomic E-state index is 14.5. The summed E-state index contributed by atoms with van der Waals surface area (Å²) in [5, 5.41) is 16.3. The Labute approximate surface area is 204 Å². The van der Waals surface area contributed by atoms with Crippen molar-refractivity contribution in [1.29, 1.82) is 0 Å². The fourth-order valence-electron chi connectivity index (χ4n) is 4.93. The molecule has 3 aromatic rings. The molecular formula is C28H29FN4O2. The topological polar surface area (TPSA) is 77.0 Å². The van der Waals surface area contributed by atoms with Gasteiger partial charge in [-0.2, -0.15) is 0 Å². The second-order valence-corrected chi connectivity index (χ2v) is 9.32. The number of nitrogens with zero attached hydrogens (tertiary/aromatic N) is 2. The van der Waals surface area contributed by atoms with Crippen molar-refractivity contribution in [3.05, 3.63) is 77.1 Å². The summed E-state index contributed by atoms with van der Waals surface area (Å²) >= 11 is 0. The molecule has 0 aliphatic carbocycles. The van der Waals surface area contributed by atoms with Gasteiger partial charge in [0.2, 0.25) is 5.91 Å². The predicted molar refractivity (Wildman–Crippen MR) is 137 cm³/mol. The average molecular weight is 473 g/mol. The fraction of sp³-hybridized carbons (Fsp3) is 0.286. The molecule has 1 fully saturated rings. The van der Waals surface area contributed by atoms with Crippen LogP contribution >= 0.6 is 0 Å². The van der Waals surface area contributed by atoms with Crippen molar-refractivity contribution in [2.45, 2.75) is 38.8 Å². The normalized spacial score (nSPS) is 19.0. The molecule has 35 heavy (non-hydrogen) atoms. The Balaban J connectivity index is 1.72. The molecule has 1 saturated heterocycles. The Kier molecular flexibility index (Phi) is 6.03. The monoisotopic (exact) mass is 472 g/mol. The molecule has 3 N–H and O–H groups in total. The minimum atomic E-state index is -0.722. The number of rotatable bonds is 5. The highest BCUT2D eigenvalue weighted by Crippen LogP contribution is 2.43. The number of carbonyl (C=O) groups excluding carboxylic acids is 1.